The zero-order chi connectivity index (χ0) is 17.3. The van der Waals surface area contributed by atoms with E-state index >= 15 is 0 Å². The third kappa shape index (κ3) is 3.54. The Morgan fingerprint density at radius 1 is 1.25 bits per heavy atom. The van der Waals surface area contributed by atoms with Gasteiger partial charge in [-0.3, -0.25) is 4.79 Å². The molecule has 0 atom stereocenters. The minimum atomic E-state index is -3.24. The summed E-state index contributed by atoms with van der Waals surface area (Å²) in [5.41, 5.74) is 1.38. The number of carbonyl (C=O) groups excluding carboxylic acids is 1. The largest absolute Gasteiger partial charge is 0.465 e. The van der Waals surface area contributed by atoms with Crippen molar-refractivity contribution in [3.63, 3.8) is 0 Å². The average Bonchev–Trinajstić information content (AvgIpc) is 3.03. The summed E-state index contributed by atoms with van der Waals surface area (Å²) in [5, 5.41) is 2.84. The van der Waals surface area contributed by atoms with Crippen molar-refractivity contribution < 1.29 is 17.6 Å². The van der Waals surface area contributed by atoms with Crippen molar-refractivity contribution in [1.29, 1.82) is 0 Å². The first-order valence-corrected chi connectivity index (χ1v) is 9.66. The monoisotopic (exact) mass is 351 g/mol. The van der Waals surface area contributed by atoms with Gasteiger partial charge in [-0.25, -0.2) is 8.42 Å². The molecule has 0 aromatic carbocycles. The number of nitrogens with one attached hydrogen (secondary N) is 1. The van der Waals surface area contributed by atoms with E-state index in [0.29, 0.717) is 44.1 Å². The molecule has 24 heavy (non-hydrogen) atoms. The number of nitrogens with zero attached hydrogens (tertiary/aromatic N) is 2. The number of rotatable bonds is 4. The lowest BCUT2D eigenvalue weighted by Crippen LogP contribution is -2.29. The van der Waals surface area contributed by atoms with Crippen LogP contribution in [-0.2, 0) is 29.7 Å². The molecule has 2 aromatic rings. The first-order valence-electron chi connectivity index (χ1n) is 7.81. The van der Waals surface area contributed by atoms with Crippen LogP contribution in [0.4, 0.5) is 0 Å². The van der Waals surface area contributed by atoms with Crippen LogP contribution in [-0.4, -0.2) is 36.0 Å². The number of hydrogen-bond donors (Lipinski definition) is 1. The number of aromatic nitrogens is 1. The van der Waals surface area contributed by atoms with Gasteiger partial charge in [0.05, 0.1) is 19.3 Å². The number of sulfonamides is 1. The highest BCUT2D eigenvalue weighted by Gasteiger charge is 2.24. The third-order valence-electron chi connectivity index (χ3n) is 4.12. The smallest absolute Gasteiger partial charge is 0.268 e. The summed E-state index contributed by atoms with van der Waals surface area (Å²) in [5.74, 6) is 1.31. The third-order valence-corrected chi connectivity index (χ3v) is 5.37. The van der Waals surface area contributed by atoms with E-state index < -0.39 is 10.0 Å². The van der Waals surface area contributed by atoms with Crippen LogP contribution < -0.4 is 5.32 Å². The van der Waals surface area contributed by atoms with Gasteiger partial charge >= 0.3 is 0 Å². The fraction of sp³-hybridized carbons (Fsp3) is 0.438. The van der Waals surface area contributed by atoms with E-state index in [4.69, 9.17) is 4.42 Å². The van der Waals surface area contributed by atoms with Gasteiger partial charge in [-0.15, -0.1) is 0 Å². The molecule has 3 rings (SSSR count). The van der Waals surface area contributed by atoms with Gasteiger partial charge in [-0.05, 0) is 37.6 Å². The fourth-order valence-corrected chi connectivity index (χ4v) is 3.72. The maximum Gasteiger partial charge on any atom is 0.268 e. The number of fused-ring (bicyclic) bond motifs is 1. The van der Waals surface area contributed by atoms with E-state index in [9.17, 15) is 13.2 Å². The molecule has 0 unspecified atom stereocenters. The van der Waals surface area contributed by atoms with Crippen LogP contribution in [0.3, 0.4) is 0 Å². The van der Waals surface area contributed by atoms with Crippen molar-refractivity contribution in [2.75, 3.05) is 12.8 Å². The van der Waals surface area contributed by atoms with Gasteiger partial charge in [0.1, 0.15) is 17.2 Å². The van der Waals surface area contributed by atoms with Crippen LogP contribution in [0.1, 0.15) is 34.1 Å². The lowest BCUT2D eigenvalue weighted by Gasteiger charge is -2.16. The minimum absolute atomic E-state index is 0.192. The number of aryl methyl sites for hydroxylation is 1. The summed E-state index contributed by atoms with van der Waals surface area (Å²) in [7, 11) is -3.24. The van der Waals surface area contributed by atoms with Crippen LogP contribution in [0, 0.1) is 6.92 Å². The molecular formula is C16H21N3O4S. The molecule has 0 saturated heterocycles. The van der Waals surface area contributed by atoms with Gasteiger partial charge in [-0.1, -0.05) is 0 Å². The topological polar surface area (TPSA) is 84.5 Å². The normalized spacial score (nSPS) is 15.8. The van der Waals surface area contributed by atoms with Crippen molar-refractivity contribution in [3.8, 4) is 0 Å². The quantitative estimate of drug-likeness (QED) is 0.904. The zero-order valence-corrected chi connectivity index (χ0v) is 14.6. The maximum atomic E-state index is 12.4. The molecule has 0 fully saturated rings. The molecule has 0 radical (unpaired) electrons. The Kier molecular flexibility index (Phi) is 4.51. The second kappa shape index (κ2) is 6.45. The van der Waals surface area contributed by atoms with Gasteiger partial charge in [0.25, 0.3) is 5.91 Å². The fourth-order valence-electron chi connectivity index (χ4n) is 2.90. The second-order valence-corrected chi connectivity index (χ2v) is 7.99. The first kappa shape index (κ1) is 16.8. The number of furan rings is 1. The van der Waals surface area contributed by atoms with E-state index in [-0.39, 0.29) is 5.91 Å². The molecule has 130 valence electrons. The van der Waals surface area contributed by atoms with E-state index in [1.165, 1.54) is 10.6 Å². The van der Waals surface area contributed by atoms with Gasteiger partial charge in [0, 0.05) is 18.8 Å². The summed E-state index contributed by atoms with van der Waals surface area (Å²) in [6.45, 7) is 3.56. The Morgan fingerprint density at radius 3 is 2.71 bits per heavy atom. The predicted molar refractivity (Wildman–Crippen MR) is 88.9 cm³/mol. The lowest BCUT2D eigenvalue weighted by atomic mass is 10.3. The summed E-state index contributed by atoms with van der Waals surface area (Å²) in [6.07, 6.45) is 1.89. The Balaban J connectivity index is 1.74. The van der Waals surface area contributed by atoms with E-state index in [2.05, 4.69) is 5.32 Å². The molecule has 0 aliphatic carbocycles. The van der Waals surface area contributed by atoms with Crippen LogP contribution in [0.15, 0.2) is 28.7 Å². The summed E-state index contributed by atoms with van der Waals surface area (Å²) in [6, 6.07) is 7.24. The molecule has 2 aromatic heterocycles. The van der Waals surface area contributed by atoms with Crippen LogP contribution in [0.5, 0.6) is 0 Å². The molecule has 1 aliphatic rings. The van der Waals surface area contributed by atoms with Crippen LogP contribution in [0.25, 0.3) is 0 Å². The van der Waals surface area contributed by atoms with E-state index in [1.54, 1.807) is 6.07 Å². The molecule has 1 N–H and O–H groups in total. The Hall–Kier alpha value is -2.06. The van der Waals surface area contributed by atoms with Crippen molar-refractivity contribution in [1.82, 2.24) is 14.2 Å². The molecular weight excluding hydrogens is 330 g/mol. The zero-order valence-electron chi connectivity index (χ0n) is 13.8. The summed E-state index contributed by atoms with van der Waals surface area (Å²) in [4.78, 5) is 12.4. The van der Waals surface area contributed by atoms with Crippen LogP contribution in [0.2, 0.25) is 0 Å². The lowest BCUT2D eigenvalue weighted by molar-refractivity contribution is 0.0938. The molecule has 1 aliphatic heterocycles. The molecule has 0 spiro atoms. The highest BCUT2D eigenvalue weighted by atomic mass is 32.2. The highest BCUT2D eigenvalue weighted by molar-refractivity contribution is 7.88. The Bertz CT molecular complexity index is 851. The molecule has 3 heterocycles. The van der Waals surface area contributed by atoms with Gasteiger partial charge in [0.2, 0.25) is 10.0 Å². The molecule has 0 saturated carbocycles. The molecule has 1 amide bonds. The summed E-state index contributed by atoms with van der Waals surface area (Å²) >= 11 is 0. The first-order chi connectivity index (χ1) is 11.3. The van der Waals surface area contributed by atoms with E-state index in [0.717, 1.165) is 11.5 Å². The van der Waals surface area contributed by atoms with Crippen LogP contribution >= 0.6 is 0 Å². The van der Waals surface area contributed by atoms with E-state index in [1.807, 2.05) is 29.7 Å². The maximum absolute atomic E-state index is 12.4. The second-order valence-electron chi connectivity index (χ2n) is 6.01. The van der Waals surface area contributed by atoms with Crippen molar-refractivity contribution in [2.45, 2.75) is 33.0 Å². The Labute approximate surface area is 141 Å². The number of hydrogen-bond acceptors (Lipinski definition) is 4. The van der Waals surface area contributed by atoms with Crippen molar-refractivity contribution in [2.24, 2.45) is 0 Å². The standard InChI is InChI=1S/C16H21N3O4S/c1-12-4-6-14(23-12)10-17-16(20)15-7-5-13-11-18(24(2,21)22)8-3-9-19(13)15/h4-7H,3,8-11H2,1-2H3,(H,17,20). The SMILES string of the molecule is Cc1ccc(CNC(=O)c2ccc3n2CCCN(S(C)(=O)=O)C3)o1. The molecule has 8 heteroatoms. The minimum Gasteiger partial charge on any atom is -0.465 e. The summed E-state index contributed by atoms with van der Waals surface area (Å²) < 4.78 is 32.3. The molecule has 7 nitrogen and oxygen atoms in total. The highest BCUT2D eigenvalue weighted by Crippen LogP contribution is 2.19. The van der Waals surface area contributed by atoms with Gasteiger partial charge in [-0.2, -0.15) is 4.31 Å². The number of carbonyl (C=O) groups is 1. The van der Waals surface area contributed by atoms with Gasteiger partial charge in [0.15, 0.2) is 0 Å². The van der Waals surface area contributed by atoms with Crippen molar-refractivity contribution in [3.05, 3.63) is 47.2 Å². The average molecular weight is 351 g/mol. The number of amides is 1. The van der Waals surface area contributed by atoms with Gasteiger partial charge < -0.3 is 14.3 Å². The predicted octanol–water partition coefficient (Wildman–Crippen LogP) is 1.48. The molecule has 0 bridgehead atoms. The Morgan fingerprint density at radius 2 is 2.04 bits per heavy atom. The van der Waals surface area contributed by atoms with Crippen molar-refractivity contribution >= 4 is 15.9 Å².